The van der Waals surface area contributed by atoms with Gasteiger partial charge in [-0.15, -0.1) is 0 Å². The number of ketones is 2. The third kappa shape index (κ3) is 16.1. The lowest BCUT2D eigenvalue weighted by molar-refractivity contribution is -0.143. The van der Waals surface area contributed by atoms with Crippen molar-refractivity contribution in [1.82, 2.24) is 20.4 Å². The number of aromatic hydroxyl groups is 2. The first-order chi connectivity index (χ1) is 30.0. The van der Waals surface area contributed by atoms with Crippen LogP contribution in [0, 0.1) is 5.92 Å². The van der Waals surface area contributed by atoms with Crippen LogP contribution in [0.4, 0.5) is 0 Å². The summed E-state index contributed by atoms with van der Waals surface area (Å²) in [6.45, 7) is 5.01. The van der Waals surface area contributed by atoms with Gasteiger partial charge in [-0.25, -0.2) is 4.79 Å². The number of phenols is 2. The third-order valence-electron chi connectivity index (χ3n) is 12.1. The predicted molar refractivity (Wildman–Crippen MR) is 241 cm³/mol. The van der Waals surface area contributed by atoms with Crippen LogP contribution < -0.4 is 16.4 Å². The monoisotopic (exact) mass is 878 g/mol. The molecule has 2 aromatic rings. The van der Waals surface area contributed by atoms with Gasteiger partial charge in [0.25, 0.3) is 0 Å². The van der Waals surface area contributed by atoms with E-state index in [1.54, 1.807) is 0 Å². The number of carboxylic acids is 1. The van der Waals surface area contributed by atoms with E-state index in [1.165, 1.54) is 127 Å². The molecule has 5 atom stereocenters. The molecule has 0 spiro atoms. The number of hydrogen-bond acceptors (Lipinski definition) is 10. The molecular formula is C48H71N5O10. The van der Waals surface area contributed by atoms with Gasteiger partial charge in [0.1, 0.15) is 29.6 Å². The smallest absolute Gasteiger partial charge is 0.326 e. The first-order valence-electron chi connectivity index (χ1n) is 22.8. The molecule has 1 aliphatic rings. The van der Waals surface area contributed by atoms with E-state index < -0.39 is 65.3 Å². The van der Waals surface area contributed by atoms with Gasteiger partial charge in [-0.3, -0.25) is 28.8 Å². The SMILES string of the molecule is CCCCCCCCCCCCCCCC(=O)N(C)[C@H](CN)C(=O)N[C@H](C)C(=O)CCC(=O)N(C)[C@@H]1C(=O)C[C@@H](C)C(=O)N[C@H](C(=O)O)Cc2ccc(O)c(c2)-c2cc1ccc2O. The molecule has 15 nitrogen and oxygen atoms in total. The summed E-state index contributed by atoms with van der Waals surface area (Å²) in [5.41, 5.74) is 6.88. The highest BCUT2D eigenvalue weighted by molar-refractivity contribution is 5.96. The number of carboxylic acid groups (broad SMARTS) is 1. The first kappa shape index (κ1) is 52.0. The van der Waals surface area contributed by atoms with Crippen molar-refractivity contribution >= 4 is 41.2 Å². The van der Waals surface area contributed by atoms with E-state index in [-0.39, 0.29) is 72.7 Å². The fourth-order valence-corrected chi connectivity index (χ4v) is 7.99. The molecule has 0 unspecified atom stereocenters. The lowest BCUT2D eigenvalue weighted by atomic mass is 9.89. The number of Topliss-reactive ketones (excluding diaryl/α,β-unsaturated/α-hetero) is 2. The summed E-state index contributed by atoms with van der Waals surface area (Å²) in [7, 11) is 2.89. The average molecular weight is 878 g/mol. The second kappa shape index (κ2) is 26.3. The van der Waals surface area contributed by atoms with Crippen LogP contribution in [0.25, 0.3) is 11.1 Å². The molecule has 0 fully saturated rings. The lowest BCUT2D eigenvalue weighted by Gasteiger charge is -2.30. The Morgan fingerprint density at radius 3 is 1.90 bits per heavy atom. The van der Waals surface area contributed by atoms with Gasteiger partial charge in [-0.05, 0) is 48.7 Å². The molecule has 15 heteroatoms. The number of nitrogens with zero attached hydrogens (tertiary/aromatic N) is 2. The largest absolute Gasteiger partial charge is 0.507 e. The summed E-state index contributed by atoms with van der Waals surface area (Å²) in [5.74, 6) is -5.93. The summed E-state index contributed by atoms with van der Waals surface area (Å²) in [6, 6.07) is 3.83. The van der Waals surface area contributed by atoms with E-state index in [2.05, 4.69) is 17.6 Å². The number of phenolic OH excluding ortho intramolecular Hbond substituents is 2. The molecule has 348 valence electrons. The van der Waals surface area contributed by atoms with Crippen LogP contribution in [0.5, 0.6) is 11.5 Å². The molecule has 0 aliphatic carbocycles. The van der Waals surface area contributed by atoms with Crippen molar-refractivity contribution in [3.05, 3.63) is 47.5 Å². The topological polar surface area (TPSA) is 237 Å². The number of aliphatic carboxylic acids is 1. The number of fused-ring (bicyclic) bond motifs is 5. The van der Waals surface area contributed by atoms with E-state index in [0.29, 0.717) is 12.0 Å². The van der Waals surface area contributed by atoms with Gasteiger partial charge < -0.3 is 41.5 Å². The molecule has 0 saturated heterocycles. The Bertz CT molecular complexity index is 1890. The Balaban J connectivity index is 1.60. The molecule has 4 amide bonds. The zero-order valence-electron chi connectivity index (χ0n) is 38.0. The second-order valence-corrected chi connectivity index (χ2v) is 17.2. The standard InChI is InChI=1S/C48H71N5O10/c1-6-7-8-9-10-11-12-13-14-15-16-17-18-19-43(58)52(4)38(30-49)47(61)50-32(3)39(54)24-25-44(59)53(5)45-34-21-23-41(56)36(29-34)35-27-33(20-22-40(35)55)28-37(48(62)63)51-46(60)31(2)26-42(45)57/h20-23,27,29,31-32,37-38,45,55-56H,6-19,24-26,28,30,49H2,1-5H3,(H,50,61)(H,51,60)(H,62,63)/t31-,32-,37+,38-,45+/m1/s1. The van der Waals surface area contributed by atoms with Crippen molar-refractivity contribution in [2.24, 2.45) is 11.7 Å². The minimum absolute atomic E-state index is 0.119. The minimum Gasteiger partial charge on any atom is -0.507 e. The highest BCUT2D eigenvalue weighted by Gasteiger charge is 2.34. The van der Waals surface area contributed by atoms with Crippen LogP contribution in [-0.4, -0.2) is 105 Å². The molecule has 0 aromatic heterocycles. The molecular weight excluding hydrogens is 807 g/mol. The van der Waals surface area contributed by atoms with Gasteiger partial charge in [-0.1, -0.05) is 103 Å². The number of hydrogen-bond donors (Lipinski definition) is 6. The summed E-state index contributed by atoms with van der Waals surface area (Å²) in [4.78, 5) is 95.0. The maximum atomic E-state index is 14.0. The Hall–Kier alpha value is -5.31. The van der Waals surface area contributed by atoms with Gasteiger partial charge >= 0.3 is 5.97 Å². The second-order valence-electron chi connectivity index (χ2n) is 17.2. The molecule has 1 heterocycles. The summed E-state index contributed by atoms with van der Waals surface area (Å²) in [5, 5.41) is 36.6. The average Bonchev–Trinajstić information content (AvgIpc) is 3.24. The van der Waals surface area contributed by atoms with Gasteiger partial charge in [0.05, 0.1) is 6.04 Å². The quantitative estimate of drug-likeness (QED) is 0.0659. The maximum absolute atomic E-state index is 14.0. The van der Waals surface area contributed by atoms with E-state index in [9.17, 15) is 48.9 Å². The number of carbonyl (C=O) groups is 7. The van der Waals surface area contributed by atoms with Crippen molar-refractivity contribution < 1.29 is 48.9 Å². The molecule has 0 saturated carbocycles. The number of nitrogens with one attached hydrogen (secondary N) is 2. The highest BCUT2D eigenvalue weighted by atomic mass is 16.4. The predicted octanol–water partition coefficient (Wildman–Crippen LogP) is 6.11. The van der Waals surface area contributed by atoms with Crippen LogP contribution >= 0.6 is 0 Å². The number of likely N-dealkylation sites (N-methyl/N-ethyl adjacent to an activating group) is 2. The Morgan fingerprint density at radius 1 is 0.778 bits per heavy atom. The van der Waals surface area contributed by atoms with Crippen LogP contribution in [-0.2, 0) is 40.0 Å². The van der Waals surface area contributed by atoms with Gasteiger partial charge in [0.15, 0.2) is 11.6 Å². The number of carbonyl (C=O) groups excluding carboxylic acids is 6. The summed E-state index contributed by atoms with van der Waals surface area (Å²) in [6.07, 6.45) is 14.5. The molecule has 2 aromatic carbocycles. The normalized spacial score (nSPS) is 17.5. The molecule has 0 radical (unpaired) electrons. The number of amides is 4. The van der Waals surface area contributed by atoms with Crippen molar-refractivity contribution in [2.45, 2.75) is 161 Å². The fourth-order valence-electron chi connectivity index (χ4n) is 7.99. The number of nitrogens with two attached hydrogens (primary N) is 1. The molecule has 3 rings (SSSR count). The summed E-state index contributed by atoms with van der Waals surface area (Å²) < 4.78 is 0. The van der Waals surface area contributed by atoms with Crippen molar-refractivity contribution in [1.29, 1.82) is 0 Å². The number of benzene rings is 2. The zero-order valence-corrected chi connectivity index (χ0v) is 38.0. The highest BCUT2D eigenvalue weighted by Crippen LogP contribution is 2.39. The maximum Gasteiger partial charge on any atom is 0.326 e. The third-order valence-corrected chi connectivity index (χ3v) is 12.1. The number of unbranched alkanes of at least 4 members (excludes halogenated alkanes) is 12. The van der Waals surface area contributed by atoms with Gasteiger partial charge in [0.2, 0.25) is 23.6 Å². The number of rotatable bonds is 24. The lowest BCUT2D eigenvalue weighted by Crippen LogP contribution is -2.54. The van der Waals surface area contributed by atoms with E-state index >= 15 is 0 Å². The molecule has 63 heavy (non-hydrogen) atoms. The van der Waals surface area contributed by atoms with Crippen LogP contribution in [0.15, 0.2) is 36.4 Å². The van der Waals surface area contributed by atoms with Crippen molar-refractivity contribution in [2.75, 3.05) is 20.6 Å². The summed E-state index contributed by atoms with van der Waals surface area (Å²) >= 11 is 0. The minimum atomic E-state index is -1.36. The molecule has 1 aliphatic heterocycles. The van der Waals surface area contributed by atoms with Crippen LogP contribution in [0.2, 0.25) is 0 Å². The van der Waals surface area contributed by atoms with Gasteiger partial charge in [0, 0.05) is 69.8 Å². The Labute approximate surface area is 372 Å². The Morgan fingerprint density at radius 2 is 1.33 bits per heavy atom. The van der Waals surface area contributed by atoms with Crippen LogP contribution in [0.3, 0.4) is 0 Å². The zero-order chi connectivity index (χ0) is 46.6. The molecule has 7 N–H and O–H groups in total. The molecule has 4 bridgehead atoms. The van der Waals surface area contributed by atoms with Crippen LogP contribution in [0.1, 0.15) is 147 Å². The first-order valence-corrected chi connectivity index (χ1v) is 22.8. The van der Waals surface area contributed by atoms with E-state index in [1.807, 2.05) is 0 Å². The Kier molecular flexibility index (Phi) is 21.8. The van der Waals surface area contributed by atoms with Crippen molar-refractivity contribution in [3.8, 4) is 22.6 Å². The van der Waals surface area contributed by atoms with Crippen molar-refractivity contribution in [3.63, 3.8) is 0 Å². The van der Waals surface area contributed by atoms with E-state index in [0.717, 1.165) is 24.2 Å². The van der Waals surface area contributed by atoms with E-state index in [4.69, 9.17) is 5.73 Å². The van der Waals surface area contributed by atoms with Gasteiger partial charge in [-0.2, -0.15) is 0 Å². The fraction of sp³-hybridized carbons (Fsp3) is 0.604.